The van der Waals surface area contributed by atoms with Gasteiger partial charge in [-0.1, -0.05) is 33.6 Å². The molecule has 0 radical (unpaired) electrons. The van der Waals surface area contributed by atoms with E-state index in [2.05, 4.69) is 0 Å². The molecule has 0 aromatic heterocycles. The van der Waals surface area contributed by atoms with Gasteiger partial charge in [0.15, 0.2) is 0 Å². The number of carbonyl (C=O) groups is 1. The van der Waals surface area contributed by atoms with E-state index in [0.29, 0.717) is 6.42 Å². The van der Waals surface area contributed by atoms with Crippen LogP contribution in [-0.4, -0.2) is 22.8 Å². The lowest BCUT2D eigenvalue weighted by atomic mass is 9.77. The number of hydrogen-bond donors (Lipinski definition) is 1. The Bertz CT molecular complexity index is 310. The molecule has 2 atom stereocenters. The van der Waals surface area contributed by atoms with Gasteiger partial charge in [-0.2, -0.15) is 0 Å². The zero-order valence-corrected chi connectivity index (χ0v) is 11.9. The van der Waals surface area contributed by atoms with Crippen molar-refractivity contribution in [3.63, 3.8) is 0 Å². The van der Waals surface area contributed by atoms with Crippen LogP contribution in [0.2, 0.25) is 0 Å². The van der Waals surface area contributed by atoms with Crippen LogP contribution in [0.3, 0.4) is 0 Å². The van der Waals surface area contributed by atoms with Crippen molar-refractivity contribution in [1.82, 2.24) is 0 Å². The molecule has 1 heterocycles. The molecule has 1 N–H and O–H groups in total. The summed E-state index contributed by atoms with van der Waals surface area (Å²) in [4.78, 5) is 11.4. The average Bonchev–Trinajstić information content (AvgIpc) is 2.84. The van der Waals surface area contributed by atoms with Crippen LogP contribution in [0, 0.1) is 11.3 Å². The van der Waals surface area contributed by atoms with Gasteiger partial charge in [-0.25, -0.2) is 0 Å². The summed E-state index contributed by atoms with van der Waals surface area (Å²) in [6.07, 6.45) is 7.90. The van der Waals surface area contributed by atoms with Crippen molar-refractivity contribution in [2.24, 2.45) is 11.3 Å². The Morgan fingerprint density at radius 1 is 1.33 bits per heavy atom. The molecule has 0 aromatic carbocycles. The molecule has 18 heavy (non-hydrogen) atoms. The first kappa shape index (κ1) is 13.9. The van der Waals surface area contributed by atoms with E-state index in [9.17, 15) is 9.90 Å². The van der Waals surface area contributed by atoms with Crippen molar-refractivity contribution >= 4 is 5.97 Å². The minimum absolute atomic E-state index is 0.117. The minimum atomic E-state index is -0.682. The van der Waals surface area contributed by atoms with Crippen molar-refractivity contribution in [2.45, 2.75) is 77.4 Å². The molecule has 1 saturated carbocycles. The second-order valence-electron chi connectivity index (χ2n) is 7.16. The van der Waals surface area contributed by atoms with Crippen LogP contribution in [0.4, 0.5) is 0 Å². The highest BCUT2D eigenvalue weighted by Crippen LogP contribution is 2.45. The molecule has 0 bridgehead atoms. The topological polar surface area (TPSA) is 46.5 Å². The van der Waals surface area contributed by atoms with E-state index in [1.165, 1.54) is 25.7 Å². The maximum Gasteiger partial charge on any atom is 0.307 e. The molecule has 2 rings (SSSR count). The van der Waals surface area contributed by atoms with Gasteiger partial charge in [0.25, 0.3) is 0 Å². The Morgan fingerprint density at radius 3 is 2.44 bits per heavy atom. The average molecular weight is 254 g/mol. The summed E-state index contributed by atoms with van der Waals surface area (Å²) in [7, 11) is 0. The van der Waals surface area contributed by atoms with Gasteiger partial charge in [0.05, 0.1) is 17.6 Å². The first-order valence-corrected chi connectivity index (χ1v) is 7.23. The summed E-state index contributed by atoms with van der Waals surface area (Å²) >= 11 is 0. The van der Waals surface area contributed by atoms with Gasteiger partial charge in [0.1, 0.15) is 0 Å². The summed E-state index contributed by atoms with van der Waals surface area (Å²) in [5.41, 5.74) is -0.0772. The second kappa shape index (κ2) is 4.84. The second-order valence-corrected chi connectivity index (χ2v) is 7.16. The van der Waals surface area contributed by atoms with Crippen molar-refractivity contribution < 1.29 is 14.6 Å². The Labute approximate surface area is 110 Å². The number of carboxylic acids is 1. The molecule has 1 saturated heterocycles. The summed E-state index contributed by atoms with van der Waals surface area (Å²) in [5, 5.41) is 9.37. The molecular formula is C15H26O3. The number of hydrogen-bond acceptors (Lipinski definition) is 2. The molecule has 1 spiro atoms. The fourth-order valence-corrected chi connectivity index (χ4v) is 3.54. The van der Waals surface area contributed by atoms with E-state index in [4.69, 9.17) is 4.74 Å². The van der Waals surface area contributed by atoms with Crippen molar-refractivity contribution in [3.05, 3.63) is 0 Å². The van der Waals surface area contributed by atoms with E-state index >= 15 is 0 Å². The maximum atomic E-state index is 11.4. The van der Waals surface area contributed by atoms with Crippen LogP contribution >= 0.6 is 0 Å². The fourth-order valence-electron chi connectivity index (χ4n) is 3.54. The standard InChI is InChI=1S/C15H26O3/c1-14(2,3)12(13(16)17)10-11-6-9-15(18-11)7-4-5-8-15/h11-12H,4-10H2,1-3H3,(H,16,17). The van der Waals surface area contributed by atoms with E-state index < -0.39 is 5.97 Å². The van der Waals surface area contributed by atoms with Crippen LogP contribution in [-0.2, 0) is 9.53 Å². The van der Waals surface area contributed by atoms with Crippen molar-refractivity contribution in [2.75, 3.05) is 0 Å². The minimum Gasteiger partial charge on any atom is -0.481 e. The Morgan fingerprint density at radius 2 is 1.94 bits per heavy atom. The monoisotopic (exact) mass is 254 g/mol. The molecule has 104 valence electrons. The van der Waals surface area contributed by atoms with E-state index in [1.807, 2.05) is 20.8 Å². The Kier molecular flexibility index (Phi) is 3.72. The number of carboxylic acid groups (broad SMARTS) is 1. The van der Waals surface area contributed by atoms with Crippen LogP contribution in [0.25, 0.3) is 0 Å². The Balaban J connectivity index is 1.95. The van der Waals surface area contributed by atoms with Gasteiger partial charge in [-0.15, -0.1) is 0 Å². The largest absolute Gasteiger partial charge is 0.481 e. The molecular weight excluding hydrogens is 228 g/mol. The first-order valence-electron chi connectivity index (χ1n) is 7.23. The Hall–Kier alpha value is -0.570. The van der Waals surface area contributed by atoms with Gasteiger partial charge in [-0.3, -0.25) is 4.79 Å². The third-order valence-corrected chi connectivity index (χ3v) is 4.70. The lowest BCUT2D eigenvalue weighted by Gasteiger charge is -2.30. The predicted octanol–water partition coefficient (Wildman–Crippen LogP) is 3.62. The highest BCUT2D eigenvalue weighted by Gasteiger charge is 2.44. The zero-order chi connectivity index (χ0) is 13.4. The molecule has 1 aliphatic heterocycles. The van der Waals surface area contributed by atoms with Crippen molar-refractivity contribution in [3.8, 4) is 0 Å². The highest BCUT2D eigenvalue weighted by molar-refractivity contribution is 5.70. The molecule has 1 aliphatic carbocycles. The third kappa shape index (κ3) is 2.87. The number of aliphatic carboxylic acids is 1. The van der Waals surface area contributed by atoms with Crippen molar-refractivity contribution in [1.29, 1.82) is 0 Å². The van der Waals surface area contributed by atoms with Gasteiger partial charge < -0.3 is 9.84 Å². The van der Waals surface area contributed by atoms with Crippen LogP contribution in [0.5, 0.6) is 0 Å². The zero-order valence-electron chi connectivity index (χ0n) is 11.9. The van der Waals surface area contributed by atoms with Gasteiger partial charge in [-0.05, 0) is 37.5 Å². The maximum absolute atomic E-state index is 11.4. The predicted molar refractivity (Wildman–Crippen MR) is 70.5 cm³/mol. The quantitative estimate of drug-likeness (QED) is 0.836. The van der Waals surface area contributed by atoms with Gasteiger partial charge in [0.2, 0.25) is 0 Å². The summed E-state index contributed by atoms with van der Waals surface area (Å²) < 4.78 is 6.22. The smallest absolute Gasteiger partial charge is 0.307 e. The SMILES string of the molecule is CC(C)(C)C(CC1CCC2(CCCC2)O1)C(=O)O. The first-order chi connectivity index (χ1) is 8.32. The molecule has 3 heteroatoms. The summed E-state index contributed by atoms with van der Waals surface area (Å²) in [5.74, 6) is -0.988. The van der Waals surface area contributed by atoms with E-state index in [-0.39, 0.29) is 23.0 Å². The van der Waals surface area contributed by atoms with E-state index in [1.54, 1.807) is 0 Å². The normalized spacial score (nSPS) is 28.7. The summed E-state index contributed by atoms with van der Waals surface area (Å²) in [6.45, 7) is 6.02. The number of ether oxygens (including phenoxy) is 1. The summed E-state index contributed by atoms with van der Waals surface area (Å²) in [6, 6.07) is 0. The molecule has 2 aliphatic rings. The molecule has 0 amide bonds. The van der Waals surface area contributed by atoms with Crippen LogP contribution in [0.15, 0.2) is 0 Å². The van der Waals surface area contributed by atoms with E-state index in [0.717, 1.165) is 12.8 Å². The fraction of sp³-hybridized carbons (Fsp3) is 0.933. The van der Waals surface area contributed by atoms with Crippen LogP contribution in [0.1, 0.15) is 65.7 Å². The molecule has 3 nitrogen and oxygen atoms in total. The lowest BCUT2D eigenvalue weighted by Crippen LogP contribution is -2.33. The third-order valence-electron chi connectivity index (χ3n) is 4.70. The molecule has 0 aromatic rings. The molecule has 2 fully saturated rings. The molecule has 2 unspecified atom stereocenters. The lowest BCUT2D eigenvalue weighted by molar-refractivity contribution is -0.148. The number of rotatable bonds is 3. The van der Waals surface area contributed by atoms with Gasteiger partial charge in [0, 0.05) is 0 Å². The highest BCUT2D eigenvalue weighted by atomic mass is 16.5. The van der Waals surface area contributed by atoms with Crippen LogP contribution < -0.4 is 0 Å². The van der Waals surface area contributed by atoms with Gasteiger partial charge >= 0.3 is 5.97 Å².